The summed E-state index contributed by atoms with van der Waals surface area (Å²) in [7, 11) is 0. The summed E-state index contributed by atoms with van der Waals surface area (Å²) in [6.07, 6.45) is 8.36. The molecule has 0 saturated heterocycles. The number of rotatable bonds is 8. The fourth-order valence-corrected chi connectivity index (χ4v) is 3.65. The second-order valence-corrected chi connectivity index (χ2v) is 9.31. The molecule has 1 unspecified atom stereocenters. The third-order valence-corrected chi connectivity index (χ3v) is 7.45. The summed E-state index contributed by atoms with van der Waals surface area (Å²) < 4.78 is -1.75. The lowest BCUT2D eigenvalue weighted by Crippen LogP contribution is -2.33. The number of alkyl halides is 4. The lowest BCUT2D eigenvalue weighted by molar-refractivity contribution is 0.528. The van der Waals surface area contributed by atoms with Gasteiger partial charge >= 0.3 is 0 Å². The van der Waals surface area contributed by atoms with Crippen molar-refractivity contribution in [2.45, 2.75) is 59.1 Å². The van der Waals surface area contributed by atoms with Gasteiger partial charge in [0.2, 0.25) is 3.79 Å². The van der Waals surface area contributed by atoms with Crippen molar-refractivity contribution in [1.82, 2.24) is 0 Å². The van der Waals surface area contributed by atoms with E-state index in [1.165, 1.54) is 32.1 Å². The van der Waals surface area contributed by atoms with E-state index in [1.807, 2.05) is 30.3 Å². The van der Waals surface area contributed by atoms with Crippen LogP contribution >= 0.6 is 57.4 Å². The molecule has 1 aromatic rings. The summed E-state index contributed by atoms with van der Waals surface area (Å²) in [6.45, 7) is 2.23. The highest BCUT2D eigenvalue weighted by Gasteiger charge is 2.47. The van der Waals surface area contributed by atoms with Crippen molar-refractivity contribution in [3.8, 4) is 0 Å². The third-order valence-electron chi connectivity index (χ3n) is 3.56. The first-order valence-corrected chi connectivity index (χ1v) is 9.44. The minimum absolute atomic E-state index is 0.457. The van der Waals surface area contributed by atoms with Crippen molar-refractivity contribution in [3.63, 3.8) is 0 Å². The molecule has 1 atom stereocenters. The Morgan fingerprint density at radius 1 is 0.900 bits per heavy atom. The van der Waals surface area contributed by atoms with E-state index in [4.69, 9.17) is 34.8 Å². The van der Waals surface area contributed by atoms with Crippen LogP contribution in [0.4, 0.5) is 0 Å². The highest BCUT2D eigenvalue weighted by Crippen LogP contribution is 2.54. The van der Waals surface area contributed by atoms with Gasteiger partial charge in [0.05, 0.1) is 3.42 Å². The molecule has 0 radical (unpaired) electrons. The predicted octanol–water partition coefficient (Wildman–Crippen LogP) is 7.44. The maximum atomic E-state index is 6.26. The molecule has 0 spiro atoms. The van der Waals surface area contributed by atoms with Crippen molar-refractivity contribution in [1.29, 1.82) is 0 Å². The first kappa shape index (κ1) is 18.9. The van der Waals surface area contributed by atoms with Crippen LogP contribution in [0.1, 0.15) is 57.4 Å². The van der Waals surface area contributed by atoms with E-state index >= 15 is 0 Å². The van der Waals surface area contributed by atoms with Gasteiger partial charge in [0.15, 0.2) is 0 Å². The summed E-state index contributed by atoms with van der Waals surface area (Å²) in [5.41, 5.74) is 1.09. The van der Waals surface area contributed by atoms with Crippen molar-refractivity contribution >= 4 is 57.4 Å². The van der Waals surface area contributed by atoms with E-state index in [9.17, 15) is 0 Å². The third kappa shape index (κ3) is 5.55. The van der Waals surface area contributed by atoms with Gasteiger partial charge in [0.1, 0.15) is 0 Å². The van der Waals surface area contributed by atoms with Crippen molar-refractivity contribution < 1.29 is 0 Å². The van der Waals surface area contributed by atoms with Crippen LogP contribution in [-0.4, -0.2) is 3.79 Å². The molecule has 0 amide bonds. The van der Waals surface area contributed by atoms with Crippen LogP contribution in [0.25, 0.3) is 0 Å². The zero-order valence-electron chi connectivity index (χ0n) is 11.8. The SMILES string of the molecule is CCCCCCCCC(I)(c1ccccc1)C(Cl)(Cl)Cl. The Morgan fingerprint density at radius 2 is 1.45 bits per heavy atom. The zero-order chi connectivity index (χ0) is 15.1. The van der Waals surface area contributed by atoms with Gasteiger partial charge in [-0.25, -0.2) is 0 Å². The molecule has 0 aliphatic carbocycles. The average Bonchev–Trinajstić information content (AvgIpc) is 2.42. The molecular weight excluding hydrogens is 425 g/mol. The summed E-state index contributed by atoms with van der Waals surface area (Å²) in [6, 6.07) is 10.1. The van der Waals surface area contributed by atoms with E-state index in [-0.39, 0.29) is 0 Å². The lowest BCUT2D eigenvalue weighted by Gasteiger charge is -2.35. The van der Waals surface area contributed by atoms with Crippen LogP contribution in [0, 0.1) is 0 Å². The standard InChI is InChI=1S/C16H22Cl3I/c1-2-3-4-5-6-10-13-15(20,16(17,18)19)14-11-8-7-9-12-14/h7-9,11-12H,2-6,10,13H2,1H3. The predicted molar refractivity (Wildman–Crippen MR) is 100 cm³/mol. The summed E-state index contributed by atoms with van der Waals surface area (Å²) in [5, 5.41) is 0. The average molecular weight is 448 g/mol. The van der Waals surface area contributed by atoms with Crippen molar-refractivity contribution in [2.24, 2.45) is 0 Å². The largest absolute Gasteiger partial charge is 0.208 e. The fourth-order valence-electron chi connectivity index (χ4n) is 2.30. The molecule has 0 N–H and O–H groups in total. The van der Waals surface area contributed by atoms with Crippen molar-refractivity contribution in [2.75, 3.05) is 0 Å². The topological polar surface area (TPSA) is 0 Å². The molecular formula is C16H22Cl3I. The van der Waals surface area contributed by atoms with Gasteiger partial charge < -0.3 is 0 Å². The Bertz CT molecular complexity index is 375. The smallest absolute Gasteiger partial charge is 0.0818 e. The zero-order valence-corrected chi connectivity index (χ0v) is 16.3. The molecule has 0 fully saturated rings. The summed E-state index contributed by atoms with van der Waals surface area (Å²) in [4.78, 5) is 0. The quantitative estimate of drug-likeness (QED) is 0.221. The normalized spacial score (nSPS) is 15.1. The lowest BCUT2D eigenvalue weighted by atomic mass is 9.94. The van der Waals surface area contributed by atoms with Crippen LogP contribution < -0.4 is 0 Å². The Balaban J connectivity index is 2.62. The maximum absolute atomic E-state index is 6.26. The first-order valence-electron chi connectivity index (χ1n) is 7.23. The Kier molecular flexibility index (Phi) is 8.56. The van der Waals surface area contributed by atoms with Gasteiger partial charge in [-0.1, -0.05) is 133 Å². The molecule has 4 heteroatoms. The van der Waals surface area contributed by atoms with E-state index in [1.54, 1.807) is 0 Å². The second kappa shape index (κ2) is 9.07. The van der Waals surface area contributed by atoms with Crippen LogP contribution in [0.5, 0.6) is 0 Å². The molecule has 0 bridgehead atoms. The minimum atomic E-state index is -1.29. The summed E-state index contributed by atoms with van der Waals surface area (Å²) in [5.74, 6) is 0. The van der Waals surface area contributed by atoms with Crippen molar-refractivity contribution in [3.05, 3.63) is 35.9 Å². The molecule has 0 aliphatic rings. The summed E-state index contributed by atoms with van der Waals surface area (Å²) >= 11 is 21.1. The molecule has 0 saturated carbocycles. The molecule has 1 rings (SSSR count). The van der Waals surface area contributed by atoms with Gasteiger partial charge in [-0.05, 0) is 12.0 Å². The molecule has 20 heavy (non-hydrogen) atoms. The van der Waals surface area contributed by atoms with E-state index in [0.717, 1.165) is 18.4 Å². The molecule has 0 nitrogen and oxygen atoms in total. The van der Waals surface area contributed by atoms with Crippen LogP contribution in [-0.2, 0) is 3.42 Å². The van der Waals surface area contributed by atoms with Gasteiger partial charge in [0.25, 0.3) is 0 Å². The Hall–Kier alpha value is 0.820. The first-order chi connectivity index (χ1) is 9.42. The molecule has 114 valence electrons. The number of benzene rings is 1. The number of hydrogen-bond donors (Lipinski definition) is 0. The molecule has 0 aliphatic heterocycles. The van der Waals surface area contributed by atoms with Crippen LogP contribution in [0.15, 0.2) is 30.3 Å². The van der Waals surface area contributed by atoms with Crippen LogP contribution in [0.2, 0.25) is 0 Å². The highest BCUT2D eigenvalue weighted by molar-refractivity contribution is 14.1. The van der Waals surface area contributed by atoms with Gasteiger partial charge in [-0.3, -0.25) is 0 Å². The Morgan fingerprint density at radius 3 is 2.00 bits per heavy atom. The Labute approximate surface area is 151 Å². The van der Waals surface area contributed by atoms with Gasteiger partial charge in [0, 0.05) is 0 Å². The fraction of sp³-hybridized carbons (Fsp3) is 0.625. The van der Waals surface area contributed by atoms with E-state index in [0.29, 0.717) is 0 Å². The van der Waals surface area contributed by atoms with Gasteiger partial charge in [-0.15, -0.1) is 0 Å². The second-order valence-electron chi connectivity index (χ2n) is 5.18. The molecule has 0 heterocycles. The molecule has 1 aromatic carbocycles. The number of hydrogen-bond acceptors (Lipinski definition) is 0. The van der Waals surface area contributed by atoms with Crippen LogP contribution in [0.3, 0.4) is 0 Å². The monoisotopic (exact) mass is 446 g/mol. The van der Waals surface area contributed by atoms with Gasteiger partial charge in [-0.2, -0.15) is 0 Å². The number of halogens is 4. The van der Waals surface area contributed by atoms with E-state index < -0.39 is 7.21 Å². The molecule has 0 aromatic heterocycles. The minimum Gasteiger partial charge on any atom is -0.0818 e. The maximum Gasteiger partial charge on any atom is 0.208 e. The van der Waals surface area contributed by atoms with E-state index in [2.05, 4.69) is 29.5 Å². The number of unbranched alkanes of at least 4 members (excludes halogenated alkanes) is 5. The highest BCUT2D eigenvalue weighted by atomic mass is 127.